The van der Waals surface area contributed by atoms with Crippen LogP contribution in [-0.2, 0) is 4.79 Å². The van der Waals surface area contributed by atoms with Crippen molar-refractivity contribution < 1.29 is 4.79 Å². The van der Waals surface area contributed by atoms with E-state index in [1.54, 1.807) is 11.8 Å². The minimum absolute atomic E-state index is 0.0119. The molecule has 2 aromatic carbocycles. The summed E-state index contributed by atoms with van der Waals surface area (Å²) in [4.78, 5) is 13.7. The number of aryl methyl sites for hydroxylation is 4. The third-order valence-electron chi connectivity index (χ3n) is 4.41. The van der Waals surface area contributed by atoms with Gasteiger partial charge in [-0.15, -0.1) is 11.8 Å². The largest absolute Gasteiger partial charge is 0.349 e. The zero-order valence-corrected chi connectivity index (χ0v) is 16.3. The number of carbonyl (C=O) groups excluding carboxylic acids is 1. The van der Waals surface area contributed by atoms with Gasteiger partial charge < -0.3 is 5.32 Å². The summed E-state index contributed by atoms with van der Waals surface area (Å²) in [7, 11) is 0. The molecule has 0 aromatic heterocycles. The van der Waals surface area contributed by atoms with Crippen LogP contribution in [-0.4, -0.2) is 11.2 Å². The summed E-state index contributed by atoms with van der Waals surface area (Å²) >= 11 is 1.60. The van der Waals surface area contributed by atoms with Crippen molar-refractivity contribution in [3.8, 4) is 0 Å². The lowest BCUT2D eigenvalue weighted by molar-refractivity contribution is -0.120. The third kappa shape index (κ3) is 4.64. The van der Waals surface area contributed by atoms with Crippen LogP contribution in [0, 0.1) is 27.7 Å². The predicted octanol–water partition coefficient (Wildman–Crippen LogP) is 5.28. The molecule has 3 heteroatoms. The normalized spacial score (nSPS) is 13.4. The molecule has 0 saturated carbocycles. The van der Waals surface area contributed by atoms with E-state index in [1.807, 2.05) is 6.92 Å². The summed E-state index contributed by atoms with van der Waals surface area (Å²) in [6, 6.07) is 12.7. The predicted molar refractivity (Wildman–Crippen MR) is 104 cm³/mol. The minimum Gasteiger partial charge on any atom is -0.349 e. The number of rotatable bonds is 5. The monoisotopic (exact) mass is 341 g/mol. The van der Waals surface area contributed by atoms with Gasteiger partial charge >= 0.3 is 0 Å². The van der Waals surface area contributed by atoms with Crippen molar-refractivity contribution in [3.63, 3.8) is 0 Å². The second kappa shape index (κ2) is 7.89. The smallest absolute Gasteiger partial charge is 0.233 e. The second-order valence-corrected chi connectivity index (χ2v) is 8.01. The van der Waals surface area contributed by atoms with E-state index >= 15 is 0 Å². The van der Waals surface area contributed by atoms with E-state index in [4.69, 9.17) is 0 Å². The highest BCUT2D eigenvalue weighted by Gasteiger charge is 2.18. The number of thioether (sulfide) groups is 1. The number of hydrogen-bond donors (Lipinski definition) is 1. The first kappa shape index (κ1) is 18.6. The number of amides is 1. The van der Waals surface area contributed by atoms with E-state index < -0.39 is 0 Å². The van der Waals surface area contributed by atoms with Crippen LogP contribution in [0.4, 0.5) is 0 Å². The van der Waals surface area contributed by atoms with Crippen LogP contribution in [0.25, 0.3) is 0 Å². The summed E-state index contributed by atoms with van der Waals surface area (Å²) in [5, 5.41) is 3.03. The summed E-state index contributed by atoms with van der Waals surface area (Å²) in [5.74, 6) is 0.0747. The van der Waals surface area contributed by atoms with Crippen LogP contribution in [0.5, 0.6) is 0 Å². The SMILES string of the molecule is Cc1ccc(S[C@@H](C)C(=O)N[C@@H](C)c2cc(C)c(C)cc2C)cc1. The molecule has 128 valence electrons. The Morgan fingerprint density at radius 1 is 0.917 bits per heavy atom. The van der Waals surface area contributed by atoms with Gasteiger partial charge in [-0.1, -0.05) is 29.8 Å². The molecule has 24 heavy (non-hydrogen) atoms. The number of hydrogen-bond acceptors (Lipinski definition) is 2. The fourth-order valence-corrected chi connectivity index (χ4v) is 3.61. The van der Waals surface area contributed by atoms with Gasteiger partial charge in [-0.2, -0.15) is 0 Å². The molecule has 0 saturated heterocycles. The molecule has 0 heterocycles. The van der Waals surface area contributed by atoms with E-state index in [2.05, 4.69) is 76.3 Å². The molecule has 0 unspecified atom stereocenters. The highest BCUT2D eigenvalue weighted by atomic mass is 32.2. The molecule has 2 rings (SSSR count). The molecule has 0 spiro atoms. The van der Waals surface area contributed by atoms with E-state index in [1.165, 1.54) is 27.8 Å². The summed E-state index contributed by atoms with van der Waals surface area (Å²) in [5.41, 5.74) is 6.20. The number of nitrogens with one attached hydrogen (secondary N) is 1. The Hall–Kier alpha value is -1.74. The minimum atomic E-state index is -0.123. The number of carbonyl (C=O) groups is 1. The molecule has 0 aliphatic carbocycles. The molecule has 0 fully saturated rings. The molecule has 0 aliphatic rings. The average molecular weight is 342 g/mol. The zero-order valence-electron chi connectivity index (χ0n) is 15.4. The highest BCUT2D eigenvalue weighted by Crippen LogP contribution is 2.25. The van der Waals surface area contributed by atoms with Gasteiger partial charge in [0.25, 0.3) is 0 Å². The quantitative estimate of drug-likeness (QED) is 0.750. The Balaban J connectivity index is 2.03. The molecule has 0 aliphatic heterocycles. The van der Waals surface area contributed by atoms with Gasteiger partial charge in [0.2, 0.25) is 5.91 Å². The van der Waals surface area contributed by atoms with Gasteiger partial charge in [0.1, 0.15) is 0 Å². The van der Waals surface area contributed by atoms with E-state index in [0.717, 1.165) is 4.90 Å². The Kier molecular flexibility index (Phi) is 6.11. The lowest BCUT2D eigenvalue weighted by Gasteiger charge is -2.20. The van der Waals surface area contributed by atoms with Crippen molar-refractivity contribution in [2.24, 2.45) is 0 Å². The van der Waals surface area contributed by atoms with Crippen LogP contribution < -0.4 is 5.32 Å². The van der Waals surface area contributed by atoms with E-state index in [-0.39, 0.29) is 17.2 Å². The fraction of sp³-hybridized carbons (Fsp3) is 0.381. The van der Waals surface area contributed by atoms with Crippen molar-refractivity contribution in [1.82, 2.24) is 5.32 Å². The van der Waals surface area contributed by atoms with Crippen molar-refractivity contribution in [1.29, 1.82) is 0 Å². The van der Waals surface area contributed by atoms with Gasteiger partial charge in [0.05, 0.1) is 11.3 Å². The Morgan fingerprint density at radius 3 is 2.12 bits per heavy atom. The molecule has 2 atom stereocenters. The highest BCUT2D eigenvalue weighted by molar-refractivity contribution is 8.00. The van der Waals surface area contributed by atoms with Crippen LogP contribution in [0.1, 0.15) is 47.7 Å². The first-order chi connectivity index (χ1) is 11.3. The second-order valence-electron chi connectivity index (χ2n) is 6.60. The standard InChI is InChI=1S/C21H27NOS/c1-13-7-9-19(10-8-13)24-18(6)21(23)22-17(5)20-12-15(3)14(2)11-16(20)4/h7-12,17-18H,1-6H3,(H,22,23)/t17-,18-/m0/s1. The zero-order chi connectivity index (χ0) is 17.9. The lowest BCUT2D eigenvalue weighted by atomic mass is 9.96. The third-order valence-corrected chi connectivity index (χ3v) is 5.52. The van der Waals surface area contributed by atoms with Crippen molar-refractivity contribution in [2.45, 2.75) is 57.7 Å². The molecule has 2 aromatic rings. The molecular weight excluding hydrogens is 314 g/mol. The molecule has 0 bridgehead atoms. The maximum atomic E-state index is 12.5. The molecular formula is C21H27NOS. The molecule has 2 nitrogen and oxygen atoms in total. The Labute approximate surface area is 150 Å². The fourth-order valence-electron chi connectivity index (χ4n) is 2.73. The lowest BCUT2D eigenvalue weighted by Crippen LogP contribution is -2.33. The molecule has 0 radical (unpaired) electrons. The van der Waals surface area contributed by atoms with Crippen molar-refractivity contribution in [2.75, 3.05) is 0 Å². The maximum absolute atomic E-state index is 12.5. The Morgan fingerprint density at radius 2 is 1.50 bits per heavy atom. The summed E-state index contributed by atoms with van der Waals surface area (Å²) in [6.07, 6.45) is 0. The first-order valence-corrected chi connectivity index (χ1v) is 9.27. The summed E-state index contributed by atoms with van der Waals surface area (Å²) in [6.45, 7) is 12.4. The van der Waals surface area contributed by atoms with Crippen LogP contribution in [0.15, 0.2) is 41.3 Å². The van der Waals surface area contributed by atoms with Crippen LogP contribution in [0.3, 0.4) is 0 Å². The Bertz CT molecular complexity index is 721. The van der Waals surface area contributed by atoms with Gasteiger partial charge in [0.15, 0.2) is 0 Å². The molecule has 1 N–H and O–H groups in total. The first-order valence-electron chi connectivity index (χ1n) is 8.39. The maximum Gasteiger partial charge on any atom is 0.233 e. The van der Waals surface area contributed by atoms with Crippen molar-refractivity contribution >= 4 is 17.7 Å². The molecule has 1 amide bonds. The summed E-state index contributed by atoms with van der Waals surface area (Å²) < 4.78 is 0. The van der Waals surface area contributed by atoms with Gasteiger partial charge in [-0.3, -0.25) is 4.79 Å². The van der Waals surface area contributed by atoms with Crippen LogP contribution >= 0.6 is 11.8 Å². The van der Waals surface area contributed by atoms with E-state index in [9.17, 15) is 4.79 Å². The number of benzene rings is 2. The van der Waals surface area contributed by atoms with E-state index in [0.29, 0.717) is 0 Å². The van der Waals surface area contributed by atoms with Crippen LogP contribution in [0.2, 0.25) is 0 Å². The average Bonchev–Trinajstić information content (AvgIpc) is 2.52. The van der Waals surface area contributed by atoms with Crippen molar-refractivity contribution in [3.05, 3.63) is 64.2 Å². The topological polar surface area (TPSA) is 29.1 Å². The van der Waals surface area contributed by atoms with Gasteiger partial charge in [-0.05, 0) is 75.9 Å². The van der Waals surface area contributed by atoms with Gasteiger partial charge in [0, 0.05) is 4.90 Å². The van der Waals surface area contributed by atoms with Gasteiger partial charge in [-0.25, -0.2) is 0 Å².